The third kappa shape index (κ3) is 6.81. The quantitative estimate of drug-likeness (QED) is 0.325. The van der Waals surface area contributed by atoms with Crippen molar-refractivity contribution in [2.75, 3.05) is 45.6 Å². The molecular weight excluding hydrogens is 487 g/mol. The normalized spacial score (nSPS) is 24.6. The van der Waals surface area contributed by atoms with Crippen LogP contribution in [0, 0.1) is 6.92 Å². The van der Waals surface area contributed by atoms with Crippen LogP contribution in [0.15, 0.2) is 21.5 Å². The Morgan fingerprint density at radius 2 is 2.11 bits per heavy atom. The molecule has 0 radical (unpaired) electrons. The molecule has 1 aromatic rings. The first-order chi connectivity index (χ1) is 13.2. The Balaban J connectivity index is 0.00000280. The van der Waals surface area contributed by atoms with E-state index in [1.807, 2.05) is 24.8 Å². The SMILES string of the molecule is CCNC(=NCC(c1ccc(C)o1)N1CCOCC1)NC1CCC(SC)C1.I. The van der Waals surface area contributed by atoms with Gasteiger partial charge in [-0.3, -0.25) is 9.89 Å². The first-order valence-corrected chi connectivity index (χ1v) is 11.4. The molecule has 2 N–H and O–H groups in total. The van der Waals surface area contributed by atoms with Gasteiger partial charge in [0, 0.05) is 30.9 Å². The fourth-order valence-corrected chi connectivity index (χ4v) is 4.68. The van der Waals surface area contributed by atoms with Crippen LogP contribution in [0.1, 0.15) is 43.7 Å². The number of thioether (sulfide) groups is 1. The fraction of sp³-hybridized carbons (Fsp3) is 0.750. The maximum Gasteiger partial charge on any atom is 0.191 e. The second kappa shape index (κ2) is 12.3. The summed E-state index contributed by atoms with van der Waals surface area (Å²) in [5.41, 5.74) is 0. The van der Waals surface area contributed by atoms with E-state index in [9.17, 15) is 0 Å². The number of nitrogens with one attached hydrogen (secondary N) is 2. The number of halogens is 1. The van der Waals surface area contributed by atoms with Gasteiger partial charge < -0.3 is 19.8 Å². The molecule has 0 amide bonds. The number of aryl methyl sites for hydroxylation is 1. The number of rotatable bonds is 7. The highest BCUT2D eigenvalue weighted by Gasteiger charge is 2.27. The number of hydrogen-bond donors (Lipinski definition) is 2. The molecule has 3 atom stereocenters. The van der Waals surface area contributed by atoms with E-state index in [4.69, 9.17) is 14.1 Å². The second-order valence-electron chi connectivity index (χ2n) is 7.34. The van der Waals surface area contributed by atoms with Gasteiger partial charge >= 0.3 is 0 Å². The predicted octanol–water partition coefficient (Wildman–Crippen LogP) is 3.42. The molecule has 1 aromatic heterocycles. The Kier molecular flexibility index (Phi) is 10.5. The van der Waals surface area contributed by atoms with Crippen molar-refractivity contribution >= 4 is 41.7 Å². The van der Waals surface area contributed by atoms with Crippen molar-refractivity contribution in [1.82, 2.24) is 15.5 Å². The van der Waals surface area contributed by atoms with E-state index < -0.39 is 0 Å². The summed E-state index contributed by atoms with van der Waals surface area (Å²) < 4.78 is 11.5. The van der Waals surface area contributed by atoms with Crippen molar-refractivity contribution in [2.24, 2.45) is 4.99 Å². The Hall–Kier alpha value is -0.450. The molecule has 2 fully saturated rings. The predicted molar refractivity (Wildman–Crippen MR) is 128 cm³/mol. The minimum Gasteiger partial charge on any atom is -0.465 e. The number of aliphatic imine (C=N–C) groups is 1. The lowest BCUT2D eigenvalue weighted by molar-refractivity contribution is 0.0135. The molecule has 6 nitrogen and oxygen atoms in total. The third-order valence-electron chi connectivity index (χ3n) is 5.40. The molecule has 28 heavy (non-hydrogen) atoms. The second-order valence-corrected chi connectivity index (χ2v) is 8.48. The van der Waals surface area contributed by atoms with Crippen LogP contribution in [0.4, 0.5) is 0 Å². The summed E-state index contributed by atoms with van der Waals surface area (Å²) in [7, 11) is 0. The van der Waals surface area contributed by atoms with Crippen molar-refractivity contribution < 1.29 is 9.15 Å². The van der Waals surface area contributed by atoms with Crippen LogP contribution in [0.3, 0.4) is 0 Å². The summed E-state index contributed by atoms with van der Waals surface area (Å²) >= 11 is 1.98. The van der Waals surface area contributed by atoms with Crippen molar-refractivity contribution in [1.29, 1.82) is 0 Å². The number of morpholine rings is 1. The molecule has 3 rings (SSSR count). The first kappa shape index (κ1) is 23.8. The van der Waals surface area contributed by atoms with E-state index in [0.29, 0.717) is 12.6 Å². The van der Waals surface area contributed by atoms with Crippen LogP contribution < -0.4 is 10.6 Å². The van der Waals surface area contributed by atoms with Crippen molar-refractivity contribution in [2.45, 2.75) is 50.4 Å². The molecule has 3 unspecified atom stereocenters. The average Bonchev–Trinajstić information content (AvgIpc) is 3.32. The van der Waals surface area contributed by atoms with E-state index in [2.05, 4.69) is 34.8 Å². The van der Waals surface area contributed by atoms with E-state index in [1.54, 1.807) is 0 Å². The van der Waals surface area contributed by atoms with Crippen molar-refractivity contribution in [3.63, 3.8) is 0 Å². The Morgan fingerprint density at radius 3 is 2.71 bits per heavy atom. The molecule has 2 heterocycles. The zero-order chi connectivity index (χ0) is 19.1. The van der Waals surface area contributed by atoms with Gasteiger partial charge in [-0.1, -0.05) is 0 Å². The highest BCUT2D eigenvalue weighted by atomic mass is 127. The number of ether oxygens (including phenoxy) is 1. The molecule has 160 valence electrons. The summed E-state index contributed by atoms with van der Waals surface area (Å²) in [6.07, 6.45) is 5.95. The van der Waals surface area contributed by atoms with Crippen LogP contribution in [0.2, 0.25) is 0 Å². The minimum absolute atomic E-state index is 0. The topological polar surface area (TPSA) is 62.0 Å². The van der Waals surface area contributed by atoms with Gasteiger partial charge in [-0.05, 0) is 51.5 Å². The van der Waals surface area contributed by atoms with Crippen LogP contribution >= 0.6 is 35.7 Å². The van der Waals surface area contributed by atoms with Crippen LogP contribution in [-0.4, -0.2) is 67.8 Å². The van der Waals surface area contributed by atoms with Crippen LogP contribution in [0.5, 0.6) is 0 Å². The molecule has 1 aliphatic carbocycles. The maximum atomic E-state index is 5.96. The van der Waals surface area contributed by atoms with E-state index in [-0.39, 0.29) is 30.0 Å². The van der Waals surface area contributed by atoms with Gasteiger partial charge in [0.05, 0.1) is 25.8 Å². The lowest BCUT2D eigenvalue weighted by Crippen LogP contribution is -2.44. The summed E-state index contributed by atoms with van der Waals surface area (Å²) in [6, 6.07) is 4.80. The Morgan fingerprint density at radius 1 is 1.32 bits per heavy atom. The standard InChI is InChI=1S/C20H34N4O2S.HI/c1-4-21-20(23-16-6-7-17(13-16)27-3)22-14-18(19-8-5-15(2)26-19)24-9-11-25-12-10-24;/h5,8,16-18H,4,6-7,9-14H2,1-3H3,(H2,21,22,23);1H. The van der Waals surface area contributed by atoms with Gasteiger partial charge in [-0.25, -0.2) is 0 Å². The summed E-state index contributed by atoms with van der Waals surface area (Å²) in [5.74, 6) is 2.87. The first-order valence-electron chi connectivity index (χ1n) is 10.1. The summed E-state index contributed by atoms with van der Waals surface area (Å²) in [4.78, 5) is 7.36. The number of nitrogens with zero attached hydrogens (tertiary/aromatic N) is 2. The smallest absolute Gasteiger partial charge is 0.191 e. The Bertz CT molecular complexity index is 607. The third-order valence-corrected chi connectivity index (χ3v) is 6.50. The highest BCUT2D eigenvalue weighted by molar-refractivity contribution is 14.0. The number of guanidine groups is 1. The van der Waals surface area contributed by atoms with Crippen LogP contribution in [-0.2, 0) is 4.74 Å². The molecule has 1 saturated heterocycles. The van der Waals surface area contributed by atoms with Crippen LogP contribution in [0.25, 0.3) is 0 Å². The van der Waals surface area contributed by atoms with Crippen molar-refractivity contribution in [3.8, 4) is 0 Å². The average molecular weight is 522 g/mol. The zero-order valence-electron chi connectivity index (χ0n) is 17.3. The molecule has 8 heteroatoms. The van der Waals surface area contributed by atoms with Gasteiger partial charge in [0.2, 0.25) is 0 Å². The van der Waals surface area contributed by atoms with Gasteiger partial charge in [-0.15, -0.1) is 24.0 Å². The van der Waals surface area contributed by atoms with E-state index in [1.165, 1.54) is 19.3 Å². The molecule has 0 spiro atoms. The molecule has 1 saturated carbocycles. The molecule has 2 aliphatic rings. The van der Waals surface area contributed by atoms with E-state index >= 15 is 0 Å². The molecular formula is C20H35IN4O2S. The van der Waals surface area contributed by atoms with Crippen molar-refractivity contribution in [3.05, 3.63) is 23.7 Å². The maximum absolute atomic E-state index is 5.96. The highest BCUT2D eigenvalue weighted by Crippen LogP contribution is 2.28. The van der Waals surface area contributed by atoms with Gasteiger partial charge in [-0.2, -0.15) is 11.8 Å². The molecule has 0 aromatic carbocycles. The largest absolute Gasteiger partial charge is 0.465 e. The van der Waals surface area contributed by atoms with Gasteiger partial charge in [0.15, 0.2) is 5.96 Å². The number of furan rings is 1. The lowest BCUT2D eigenvalue weighted by Gasteiger charge is -2.32. The molecule has 1 aliphatic heterocycles. The minimum atomic E-state index is 0. The van der Waals surface area contributed by atoms with Gasteiger partial charge in [0.25, 0.3) is 0 Å². The monoisotopic (exact) mass is 522 g/mol. The van der Waals surface area contributed by atoms with E-state index in [0.717, 1.165) is 55.6 Å². The fourth-order valence-electron chi connectivity index (χ4n) is 3.88. The zero-order valence-corrected chi connectivity index (χ0v) is 20.4. The molecule has 0 bridgehead atoms. The summed E-state index contributed by atoms with van der Waals surface area (Å²) in [5, 5.41) is 7.84. The van der Waals surface area contributed by atoms with Gasteiger partial charge in [0.1, 0.15) is 11.5 Å². The Labute approximate surface area is 190 Å². The summed E-state index contributed by atoms with van der Waals surface area (Å²) in [6.45, 7) is 9.05. The lowest BCUT2D eigenvalue weighted by atomic mass is 10.1. The number of hydrogen-bond acceptors (Lipinski definition) is 5.